The van der Waals surface area contributed by atoms with Gasteiger partial charge in [-0.3, -0.25) is 0 Å². The van der Waals surface area contributed by atoms with Crippen molar-refractivity contribution in [2.24, 2.45) is 0 Å². The highest BCUT2D eigenvalue weighted by atomic mass is 79.9. The minimum Gasteiger partial charge on any atom is -0.463 e. The van der Waals surface area contributed by atoms with E-state index in [4.69, 9.17) is 4.74 Å². The molecule has 0 aliphatic heterocycles. The van der Waals surface area contributed by atoms with Gasteiger partial charge in [0.25, 0.3) is 0 Å². The molecule has 2 nitrogen and oxygen atoms in total. The third-order valence-electron chi connectivity index (χ3n) is 1.89. The first-order valence-electron chi connectivity index (χ1n) is 4.74. The molecule has 0 aliphatic carbocycles. The van der Waals surface area contributed by atoms with Gasteiger partial charge >= 0.3 is 5.97 Å². The maximum absolute atomic E-state index is 11.0. The fourth-order valence-electron chi connectivity index (χ4n) is 1.07. The van der Waals surface area contributed by atoms with Gasteiger partial charge < -0.3 is 4.74 Å². The first kappa shape index (κ1) is 12.0. The van der Waals surface area contributed by atoms with Crippen LogP contribution in [0.3, 0.4) is 0 Å². The van der Waals surface area contributed by atoms with Crippen LogP contribution in [0.5, 0.6) is 0 Å². The topological polar surface area (TPSA) is 26.3 Å². The number of ether oxygens (including phenoxy) is 1. The van der Waals surface area contributed by atoms with Crippen LogP contribution in [0.1, 0.15) is 18.1 Å². The molecule has 80 valence electrons. The molecular weight excluding hydrogens is 256 g/mol. The third-order valence-corrected chi connectivity index (χ3v) is 2.75. The summed E-state index contributed by atoms with van der Waals surface area (Å²) < 4.78 is 5.82. The predicted molar refractivity (Wildman–Crippen MR) is 64.5 cm³/mol. The lowest BCUT2D eigenvalue weighted by Crippen LogP contribution is -1.98. The van der Waals surface area contributed by atoms with Crippen LogP contribution in [0.2, 0.25) is 0 Å². The number of rotatable bonds is 3. The van der Waals surface area contributed by atoms with Crippen molar-refractivity contribution < 1.29 is 9.53 Å². The van der Waals surface area contributed by atoms with Gasteiger partial charge in [-0.15, -0.1) is 0 Å². The lowest BCUT2D eigenvalue weighted by molar-refractivity contribution is -0.137. The zero-order chi connectivity index (χ0) is 11.3. The summed E-state index contributed by atoms with van der Waals surface area (Å²) in [6, 6.07) is 5.91. The molecule has 0 atom stereocenters. The van der Waals surface area contributed by atoms with Gasteiger partial charge in [0.15, 0.2) is 0 Å². The molecule has 3 heteroatoms. The van der Waals surface area contributed by atoms with Crippen LogP contribution in [0.4, 0.5) is 0 Å². The summed E-state index contributed by atoms with van der Waals surface area (Å²) in [6.07, 6.45) is 3.17. The summed E-state index contributed by atoms with van der Waals surface area (Å²) >= 11 is 3.43. The van der Waals surface area contributed by atoms with E-state index in [-0.39, 0.29) is 5.97 Å². The van der Waals surface area contributed by atoms with E-state index in [2.05, 4.69) is 15.9 Å². The third kappa shape index (κ3) is 3.88. The Hall–Kier alpha value is -1.09. The Kier molecular flexibility index (Phi) is 4.56. The van der Waals surface area contributed by atoms with E-state index in [0.29, 0.717) is 6.61 Å². The molecule has 0 aromatic heterocycles. The fraction of sp³-hybridized carbons (Fsp3) is 0.250. The number of benzene rings is 1. The second-order valence-corrected chi connectivity index (χ2v) is 3.95. The summed E-state index contributed by atoms with van der Waals surface area (Å²) in [5, 5.41) is 0. The van der Waals surface area contributed by atoms with Crippen LogP contribution in [0.25, 0.3) is 6.08 Å². The summed E-state index contributed by atoms with van der Waals surface area (Å²) in [5.74, 6) is -0.311. The molecule has 0 saturated carbocycles. The van der Waals surface area contributed by atoms with E-state index >= 15 is 0 Å². The van der Waals surface area contributed by atoms with Crippen molar-refractivity contribution >= 4 is 28.0 Å². The minimum atomic E-state index is -0.311. The normalized spacial score (nSPS) is 10.6. The van der Waals surface area contributed by atoms with E-state index in [1.165, 1.54) is 11.6 Å². The molecule has 1 rings (SSSR count). The molecule has 0 saturated heterocycles. The van der Waals surface area contributed by atoms with Gasteiger partial charge in [0, 0.05) is 10.5 Å². The Balaban J connectivity index is 2.72. The second kappa shape index (κ2) is 5.71. The van der Waals surface area contributed by atoms with Crippen LogP contribution in [0, 0.1) is 6.92 Å². The van der Waals surface area contributed by atoms with Crippen molar-refractivity contribution in [3.8, 4) is 0 Å². The van der Waals surface area contributed by atoms with E-state index in [1.807, 2.05) is 25.1 Å². The Bertz CT molecular complexity index is 383. The van der Waals surface area contributed by atoms with E-state index < -0.39 is 0 Å². The number of esters is 1. The molecule has 0 unspecified atom stereocenters. The molecule has 0 fully saturated rings. The van der Waals surface area contributed by atoms with Crippen molar-refractivity contribution in [3.05, 3.63) is 39.9 Å². The van der Waals surface area contributed by atoms with Crippen LogP contribution < -0.4 is 0 Å². The molecule has 0 N–H and O–H groups in total. The predicted octanol–water partition coefficient (Wildman–Crippen LogP) is 3.33. The van der Waals surface area contributed by atoms with Crippen molar-refractivity contribution in [1.29, 1.82) is 0 Å². The molecule has 0 heterocycles. The summed E-state index contributed by atoms with van der Waals surface area (Å²) in [6.45, 7) is 4.21. The smallest absolute Gasteiger partial charge is 0.330 e. The summed E-state index contributed by atoms with van der Waals surface area (Å²) in [5.41, 5.74) is 2.14. The Morgan fingerprint density at radius 2 is 2.27 bits per heavy atom. The number of halogens is 1. The minimum absolute atomic E-state index is 0.311. The van der Waals surface area contributed by atoms with Gasteiger partial charge in [0.05, 0.1) is 6.61 Å². The molecule has 0 bridgehead atoms. The Morgan fingerprint density at radius 1 is 1.53 bits per heavy atom. The van der Waals surface area contributed by atoms with Crippen molar-refractivity contribution in [1.82, 2.24) is 0 Å². The molecule has 1 aromatic carbocycles. The number of carbonyl (C=O) groups excluding carboxylic acids is 1. The Labute approximate surface area is 98.1 Å². The number of carbonyl (C=O) groups is 1. The van der Waals surface area contributed by atoms with Crippen molar-refractivity contribution in [2.75, 3.05) is 6.61 Å². The summed E-state index contributed by atoms with van der Waals surface area (Å²) in [4.78, 5) is 11.0. The molecule has 0 aliphatic rings. The van der Waals surface area contributed by atoms with E-state index in [0.717, 1.165) is 10.0 Å². The maximum atomic E-state index is 11.0. The highest BCUT2D eigenvalue weighted by Crippen LogP contribution is 2.18. The highest BCUT2D eigenvalue weighted by Gasteiger charge is 1.96. The fourth-order valence-corrected chi connectivity index (χ4v) is 1.46. The summed E-state index contributed by atoms with van der Waals surface area (Å²) in [7, 11) is 0. The quantitative estimate of drug-likeness (QED) is 0.621. The van der Waals surface area contributed by atoms with Gasteiger partial charge in [0.2, 0.25) is 0 Å². The van der Waals surface area contributed by atoms with Crippen LogP contribution in [-0.2, 0) is 9.53 Å². The lowest BCUT2D eigenvalue weighted by Gasteiger charge is -1.99. The van der Waals surface area contributed by atoms with Gasteiger partial charge in [-0.25, -0.2) is 4.79 Å². The maximum Gasteiger partial charge on any atom is 0.330 e. The average Bonchev–Trinajstić information content (AvgIpc) is 2.20. The first-order chi connectivity index (χ1) is 7.13. The number of aryl methyl sites for hydroxylation is 1. The van der Waals surface area contributed by atoms with Crippen molar-refractivity contribution in [3.63, 3.8) is 0 Å². The number of hydrogen-bond acceptors (Lipinski definition) is 2. The zero-order valence-electron chi connectivity index (χ0n) is 8.79. The van der Waals surface area contributed by atoms with Gasteiger partial charge in [-0.05, 0) is 37.1 Å². The molecular formula is C12H13BrO2. The first-order valence-corrected chi connectivity index (χ1v) is 5.53. The van der Waals surface area contributed by atoms with Gasteiger partial charge in [0.1, 0.15) is 0 Å². The zero-order valence-corrected chi connectivity index (χ0v) is 10.4. The monoisotopic (exact) mass is 268 g/mol. The molecule has 0 amide bonds. The van der Waals surface area contributed by atoms with Gasteiger partial charge in [-0.1, -0.05) is 28.1 Å². The largest absolute Gasteiger partial charge is 0.463 e. The van der Waals surface area contributed by atoms with Gasteiger partial charge in [-0.2, -0.15) is 0 Å². The van der Waals surface area contributed by atoms with Crippen LogP contribution in [0.15, 0.2) is 28.7 Å². The number of hydrogen-bond donors (Lipinski definition) is 0. The highest BCUT2D eigenvalue weighted by molar-refractivity contribution is 9.10. The molecule has 1 aromatic rings. The Morgan fingerprint density at radius 3 is 2.87 bits per heavy atom. The van der Waals surface area contributed by atoms with Crippen LogP contribution in [-0.4, -0.2) is 12.6 Å². The standard InChI is InChI=1S/C12H13BrO2/c1-3-15-12(14)7-6-10-5-4-9(2)11(13)8-10/h4-8H,3H2,1-2H3. The van der Waals surface area contributed by atoms with Crippen LogP contribution >= 0.6 is 15.9 Å². The van der Waals surface area contributed by atoms with E-state index in [9.17, 15) is 4.79 Å². The SMILES string of the molecule is CCOC(=O)C=Cc1ccc(C)c(Br)c1. The van der Waals surface area contributed by atoms with Crippen molar-refractivity contribution in [2.45, 2.75) is 13.8 Å². The molecule has 15 heavy (non-hydrogen) atoms. The molecule has 0 radical (unpaired) electrons. The average molecular weight is 269 g/mol. The van der Waals surface area contributed by atoms with E-state index in [1.54, 1.807) is 13.0 Å². The second-order valence-electron chi connectivity index (χ2n) is 3.09. The molecule has 0 spiro atoms. The lowest BCUT2D eigenvalue weighted by atomic mass is 10.1.